The van der Waals surface area contributed by atoms with Crippen molar-refractivity contribution in [2.24, 2.45) is 0 Å². The molecule has 0 fully saturated rings. The van der Waals surface area contributed by atoms with Gasteiger partial charge in [-0.25, -0.2) is 4.79 Å². The van der Waals surface area contributed by atoms with Gasteiger partial charge in [-0.2, -0.15) is 0 Å². The smallest absolute Gasteiger partial charge is 0.340 e. The van der Waals surface area contributed by atoms with Crippen molar-refractivity contribution in [3.8, 4) is 0 Å². The Kier molecular flexibility index (Phi) is 5.83. The number of carbonyl (C=O) groups is 2. The van der Waals surface area contributed by atoms with Gasteiger partial charge in [0.25, 0.3) is 0 Å². The van der Waals surface area contributed by atoms with Crippen LogP contribution in [0.25, 0.3) is 0 Å². The largest absolute Gasteiger partial charge is 0.465 e. The fraction of sp³-hybridized carbons (Fsp3) is 0.429. The molecule has 0 aliphatic heterocycles. The number of anilines is 2. The maximum absolute atomic E-state index is 11.7. The van der Waals surface area contributed by atoms with Crippen molar-refractivity contribution in [2.45, 2.75) is 13.3 Å². The Hall–Kier alpha value is -2.24. The zero-order valence-electron chi connectivity index (χ0n) is 12.1. The van der Waals surface area contributed by atoms with Crippen molar-refractivity contribution in [1.82, 2.24) is 5.32 Å². The number of likely N-dealkylation sites (N-methyl/N-ethyl adjacent to an activating group) is 1. The van der Waals surface area contributed by atoms with E-state index in [0.717, 1.165) is 6.42 Å². The Balaban J connectivity index is 2.89. The summed E-state index contributed by atoms with van der Waals surface area (Å²) in [6.07, 6.45) is 0.880. The number of nitrogens with one attached hydrogen (secondary N) is 1. The Morgan fingerprint density at radius 2 is 2.10 bits per heavy atom. The van der Waals surface area contributed by atoms with Gasteiger partial charge in [0.15, 0.2) is 0 Å². The summed E-state index contributed by atoms with van der Waals surface area (Å²) in [6.45, 7) is 2.78. The molecule has 0 spiro atoms. The standard InChI is InChI=1S/C14H21N3O3/c1-4-7-16-13(18)9-17(2)12-6-5-10(15)8-11(12)14(19)20-3/h5-6,8H,4,7,9,15H2,1-3H3,(H,16,18). The first-order valence-electron chi connectivity index (χ1n) is 6.45. The first kappa shape index (κ1) is 15.8. The van der Waals surface area contributed by atoms with E-state index in [1.54, 1.807) is 30.1 Å². The number of nitrogen functional groups attached to an aromatic ring is 1. The number of nitrogens with zero attached hydrogens (tertiary/aromatic N) is 1. The maximum Gasteiger partial charge on any atom is 0.340 e. The highest BCUT2D eigenvalue weighted by atomic mass is 16.5. The zero-order valence-corrected chi connectivity index (χ0v) is 12.1. The maximum atomic E-state index is 11.7. The molecular weight excluding hydrogens is 258 g/mol. The molecule has 0 aromatic heterocycles. The average Bonchev–Trinajstić information content (AvgIpc) is 2.43. The summed E-state index contributed by atoms with van der Waals surface area (Å²) >= 11 is 0. The molecule has 0 aliphatic carbocycles. The van der Waals surface area contributed by atoms with Gasteiger partial charge < -0.3 is 20.7 Å². The van der Waals surface area contributed by atoms with Crippen molar-refractivity contribution < 1.29 is 14.3 Å². The number of rotatable bonds is 6. The van der Waals surface area contributed by atoms with Crippen LogP contribution in [0.1, 0.15) is 23.7 Å². The minimum atomic E-state index is -0.479. The van der Waals surface area contributed by atoms with Crippen LogP contribution in [-0.2, 0) is 9.53 Å². The summed E-state index contributed by atoms with van der Waals surface area (Å²) in [5, 5.41) is 2.79. The summed E-state index contributed by atoms with van der Waals surface area (Å²) < 4.78 is 4.73. The van der Waals surface area contributed by atoms with Gasteiger partial charge in [-0.3, -0.25) is 4.79 Å². The molecule has 0 aliphatic rings. The number of nitrogens with two attached hydrogens (primary N) is 1. The van der Waals surface area contributed by atoms with E-state index in [4.69, 9.17) is 10.5 Å². The lowest BCUT2D eigenvalue weighted by atomic mass is 10.1. The lowest BCUT2D eigenvalue weighted by Gasteiger charge is -2.21. The molecule has 6 nitrogen and oxygen atoms in total. The fourth-order valence-electron chi connectivity index (χ4n) is 1.78. The van der Waals surface area contributed by atoms with E-state index in [1.807, 2.05) is 6.92 Å². The van der Waals surface area contributed by atoms with Gasteiger partial charge in [0, 0.05) is 19.3 Å². The second-order valence-electron chi connectivity index (χ2n) is 4.47. The number of amides is 1. The number of ether oxygens (including phenoxy) is 1. The second-order valence-corrected chi connectivity index (χ2v) is 4.47. The number of hydrogen-bond acceptors (Lipinski definition) is 5. The highest BCUT2D eigenvalue weighted by Crippen LogP contribution is 2.22. The molecule has 6 heteroatoms. The molecule has 1 aromatic carbocycles. The average molecular weight is 279 g/mol. The molecule has 0 bridgehead atoms. The van der Waals surface area contributed by atoms with Crippen molar-refractivity contribution in [2.75, 3.05) is 37.9 Å². The first-order chi connectivity index (χ1) is 9.49. The quantitative estimate of drug-likeness (QED) is 0.600. The summed E-state index contributed by atoms with van der Waals surface area (Å²) in [4.78, 5) is 25.1. The van der Waals surface area contributed by atoms with Crippen molar-refractivity contribution >= 4 is 23.3 Å². The van der Waals surface area contributed by atoms with Gasteiger partial charge in [0.1, 0.15) is 0 Å². The Labute approximate surface area is 118 Å². The van der Waals surface area contributed by atoms with Crippen LogP contribution in [-0.4, -0.2) is 39.1 Å². The number of esters is 1. The van der Waals surface area contributed by atoms with E-state index in [9.17, 15) is 9.59 Å². The summed E-state index contributed by atoms with van der Waals surface area (Å²) in [7, 11) is 3.05. The predicted molar refractivity (Wildman–Crippen MR) is 78.8 cm³/mol. The van der Waals surface area contributed by atoms with Gasteiger partial charge in [-0.15, -0.1) is 0 Å². The van der Waals surface area contributed by atoms with E-state index in [2.05, 4.69) is 5.32 Å². The van der Waals surface area contributed by atoms with E-state index >= 15 is 0 Å². The summed E-state index contributed by atoms with van der Waals surface area (Å²) in [6, 6.07) is 4.93. The second kappa shape index (κ2) is 7.37. The Morgan fingerprint density at radius 3 is 2.70 bits per heavy atom. The third kappa shape index (κ3) is 4.15. The van der Waals surface area contributed by atoms with Crippen LogP contribution < -0.4 is 16.0 Å². The van der Waals surface area contributed by atoms with Gasteiger partial charge in [-0.1, -0.05) is 6.92 Å². The lowest BCUT2D eigenvalue weighted by Crippen LogP contribution is -2.36. The Bertz CT molecular complexity index is 489. The van der Waals surface area contributed by atoms with Crippen molar-refractivity contribution in [3.05, 3.63) is 23.8 Å². The van der Waals surface area contributed by atoms with Gasteiger partial charge in [0.05, 0.1) is 24.9 Å². The van der Waals surface area contributed by atoms with E-state index in [0.29, 0.717) is 23.5 Å². The predicted octanol–water partition coefficient (Wildman–Crippen LogP) is 1.02. The number of methoxy groups -OCH3 is 1. The molecule has 3 N–H and O–H groups in total. The third-order valence-electron chi connectivity index (χ3n) is 2.79. The van der Waals surface area contributed by atoms with Crippen LogP contribution in [0.2, 0.25) is 0 Å². The van der Waals surface area contributed by atoms with E-state index in [-0.39, 0.29) is 12.5 Å². The van der Waals surface area contributed by atoms with Crippen LogP contribution in [0.4, 0.5) is 11.4 Å². The molecule has 20 heavy (non-hydrogen) atoms. The minimum absolute atomic E-state index is 0.0954. The lowest BCUT2D eigenvalue weighted by molar-refractivity contribution is -0.119. The van der Waals surface area contributed by atoms with Gasteiger partial charge in [-0.05, 0) is 24.6 Å². The van der Waals surface area contributed by atoms with E-state index in [1.165, 1.54) is 7.11 Å². The molecule has 0 saturated carbocycles. The normalized spacial score (nSPS) is 9.95. The highest BCUT2D eigenvalue weighted by molar-refractivity contribution is 5.97. The van der Waals surface area contributed by atoms with Crippen molar-refractivity contribution in [3.63, 3.8) is 0 Å². The topological polar surface area (TPSA) is 84.7 Å². The fourth-order valence-corrected chi connectivity index (χ4v) is 1.78. The molecule has 1 rings (SSSR count). The highest BCUT2D eigenvalue weighted by Gasteiger charge is 2.17. The minimum Gasteiger partial charge on any atom is -0.465 e. The molecule has 0 radical (unpaired) electrons. The van der Waals surface area contributed by atoms with Gasteiger partial charge in [0.2, 0.25) is 5.91 Å². The molecule has 110 valence electrons. The third-order valence-corrected chi connectivity index (χ3v) is 2.79. The van der Waals surface area contributed by atoms with Crippen LogP contribution in [0, 0.1) is 0 Å². The van der Waals surface area contributed by atoms with Crippen LogP contribution in [0.15, 0.2) is 18.2 Å². The van der Waals surface area contributed by atoms with Crippen LogP contribution >= 0.6 is 0 Å². The van der Waals surface area contributed by atoms with E-state index < -0.39 is 5.97 Å². The van der Waals surface area contributed by atoms with Crippen LogP contribution in [0.3, 0.4) is 0 Å². The molecule has 1 amide bonds. The zero-order chi connectivity index (χ0) is 15.1. The molecular formula is C14H21N3O3. The van der Waals surface area contributed by atoms with Crippen LogP contribution in [0.5, 0.6) is 0 Å². The summed E-state index contributed by atoms with van der Waals surface area (Å²) in [5.74, 6) is -0.574. The molecule has 0 unspecified atom stereocenters. The molecule has 0 heterocycles. The monoisotopic (exact) mass is 279 g/mol. The molecule has 0 atom stereocenters. The summed E-state index contributed by atoms with van der Waals surface area (Å²) in [5.41, 5.74) is 7.11. The molecule has 1 aromatic rings. The Morgan fingerprint density at radius 1 is 1.40 bits per heavy atom. The number of carbonyl (C=O) groups excluding carboxylic acids is 2. The first-order valence-corrected chi connectivity index (χ1v) is 6.45. The number of benzene rings is 1. The van der Waals surface area contributed by atoms with Gasteiger partial charge >= 0.3 is 5.97 Å². The number of hydrogen-bond donors (Lipinski definition) is 2. The SMILES string of the molecule is CCCNC(=O)CN(C)c1ccc(N)cc1C(=O)OC. The van der Waals surface area contributed by atoms with Crippen molar-refractivity contribution in [1.29, 1.82) is 0 Å². The molecule has 0 saturated heterocycles.